The summed E-state index contributed by atoms with van der Waals surface area (Å²) in [7, 11) is 0. The molecule has 1 aliphatic heterocycles. The first kappa shape index (κ1) is 16.9. The minimum atomic E-state index is 0.142. The van der Waals surface area contributed by atoms with Crippen LogP contribution in [-0.4, -0.2) is 30.0 Å². The van der Waals surface area contributed by atoms with Crippen molar-refractivity contribution in [2.75, 3.05) is 13.2 Å². The second-order valence-corrected chi connectivity index (χ2v) is 7.98. The van der Waals surface area contributed by atoms with Crippen molar-refractivity contribution in [2.24, 2.45) is 17.6 Å². The molecule has 2 N–H and O–H groups in total. The van der Waals surface area contributed by atoms with Crippen LogP contribution in [0, 0.1) is 11.8 Å². The third kappa shape index (κ3) is 3.41. The number of rotatable bonds is 5. The van der Waals surface area contributed by atoms with Crippen LogP contribution in [0.5, 0.6) is 5.75 Å². The van der Waals surface area contributed by atoms with Crippen LogP contribution in [0.2, 0.25) is 0 Å². The Morgan fingerprint density at radius 1 is 1.16 bits per heavy atom. The monoisotopic (exact) mass is 342 g/mol. The van der Waals surface area contributed by atoms with Crippen molar-refractivity contribution < 1.29 is 9.53 Å². The van der Waals surface area contributed by atoms with E-state index in [0.29, 0.717) is 24.4 Å². The quantitative estimate of drug-likeness (QED) is 0.893. The Labute approximate surface area is 150 Å². The minimum Gasteiger partial charge on any atom is -0.493 e. The molecule has 0 bridgehead atoms. The molecule has 1 heterocycles. The number of benzene rings is 1. The van der Waals surface area contributed by atoms with Crippen molar-refractivity contribution in [3.8, 4) is 5.75 Å². The Morgan fingerprint density at radius 3 is 2.80 bits per heavy atom. The van der Waals surface area contributed by atoms with Crippen LogP contribution in [0.25, 0.3) is 0 Å². The van der Waals surface area contributed by atoms with Gasteiger partial charge < -0.3 is 15.4 Å². The number of carbonyl (C=O) groups excluding carboxylic acids is 1. The average molecular weight is 342 g/mol. The van der Waals surface area contributed by atoms with Gasteiger partial charge in [-0.3, -0.25) is 4.79 Å². The predicted molar refractivity (Wildman–Crippen MR) is 98.3 cm³/mol. The van der Waals surface area contributed by atoms with E-state index in [-0.39, 0.29) is 5.92 Å². The van der Waals surface area contributed by atoms with Crippen molar-refractivity contribution in [3.05, 3.63) is 29.3 Å². The highest BCUT2D eigenvalue weighted by molar-refractivity contribution is 5.80. The fourth-order valence-corrected chi connectivity index (χ4v) is 4.99. The normalized spacial score (nSPS) is 25.8. The Morgan fingerprint density at radius 2 is 2.00 bits per heavy atom. The van der Waals surface area contributed by atoms with E-state index in [4.69, 9.17) is 10.5 Å². The second kappa shape index (κ2) is 7.36. The highest BCUT2D eigenvalue weighted by Crippen LogP contribution is 2.36. The van der Waals surface area contributed by atoms with Gasteiger partial charge in [-0.25, -0.2) is 0 Å². The van der Waals surface area contributed by atoms with Crippen molar-refractivity contribution in [1.29, 1.82) is 0 Å². The number of nitrogens with zero attached hydrogens (tertiary/aromatic N) is 1. The van der Waals surface area contributed by atoms with E-state index in [9.17, 15) is 4.79 Å². The maximum Gasteiger partial charge on any atom is 0.226 e. The minimum absolute atomic E-state index is 0.142. The molecule has 0 aromatic heterocycles. The smallest absolute Gasteiger partial charge is 0.226 e. The zero-order valence-corrected chi connectivity index (χ0v) is 15.1. The van der Waals surface area contributed by atoms with Crippen molar-refractivity contribution >= 4 is 5.91 Å². The fraction of sp³-hybridized carbons (Fsp3) is 0.667. The molecular formula is C21H30N2O2. The van der Waals surface area contributed by atoms with E-state index in [2.05, 4.69) is 23.1 Å². The van der Waals surface area contributed by atoms with Gasteiger partial charge in [-0.05, 0) is 55.3 Å². The lowest BCUT2D eigenvalue weighted by Gasteiger charge is -2.33. The lowest BCUT2D eigenvalue weighted by atomic mass is 9.93. The van der Waals surface area contributed by atoms with Gasteiger partial charge in [0, 0.05) is 24.9 Å². The Kier molecular flexibility index (Phi) is 4.98. The van der Waals surface area contributed by atoms with E-state index in [1.54, 1.807) is 0 Å². The highest BCUT2D eigenvalue weighted by Gasteiger charge is 2.37. The first-order valence-electron chi connectivity index (χ1n) is 10.0. The van der Waals surface area contributed by atoms with Crippen LogP contribution >= 0.6 is 0 Å². The maximum absolute atomic E-state index is 13.4. The molecule has 1 aromatic rings. The average Bonchev–Trinajstić information content (AvgIpc) is 3.39. The summed E-state index contributed by atoms with van der Waals surface area (Å²) in [4.78, 5) is 15.6. The van der Waals surface area contributed by atoms with E-state index >= 15 is 0 Å². The number of fused-ring (bicyclic) bond motifs is 1. The van der Waals surface area contributed by atoms with Gasteiger partial charge in [0.25, 0.3) is 0 Å². The summed E-state index contributed by atoms with van der Waals surface area (Å²) in [6, 6.07) is 6.87. The van der Waals surface area contributed by atoms with E-state index < -0.39 is 0 Å². The van der Waals surface area contributed by atoms with Crippen LogP contribution in [0.1, 0.15) is 56.1 Å². The summed E-state index contributed by atoms with van der Waals surface area (Å²) >= 11 is 0. The van der Waals surface area contributed by atoms with Gasteiger partial charge in [0.05, 0.1) is 6.61 Å². The molecular weight excluding hydrogens is 312 g/mol. The molecule has 25 heavy (non-hydrogen) atoms. The van der Waals surface area contributed by atoms with Crippen molar-refractivity contribution in [3.63, 3.8) is 0 Å². The summed E-state index contributed by atoms with van der Waals surface area (Å²) in [5.41, 5.74) is 8.48. The van der Waals surface area contributed by atoms with Crippen LogP contribution in [0.15, 0.2) is 18.2 Å². The van der Waals surface area contributed by atoms with Gasteiger partial charge in [0.2, 0.25) is 5.91 Å². The van der Waals surface area contributed by atoms with Gasteiger partial charge in [0.1, 0.15) is 5.75 Å². The first-order chi connectivity index (χ1) is 12.3. The number of ether oxygens (including phenoxy) is 1. The molecule has 0 spiro atoms. The SMILES string of the molecule is NC[C@H]1CCC[C@H]1C(=O)N(Cc1ccc2c(c1)CCO2)C1CCCC1. The van der Waals surface area contributed by atoms with Gasteiger partial charge in [0.15, 0.2) is 0 Å². The van der Waals surface area contributed by atoms with E-state index in [1.807, 2.05) is 0 Å². The summed E-state index contributed by atoms with van der Waals surface area (Å²) in [5, 5.41) is 0. The first-order valence-corrected chi connectivity index (χ1v) is 10.0. The molecule has 1 amide bonds. The zero-order valence-electron chi connectivity index (χ0n) is 15.1. The Bertz CT molecular complexity index is 624. The summed E-state index contributed by atoms with van der Waals surface area (Å²) in [5.74, 6) is 1.89. The maximum atomic E-state index is 13.4. The van der Waals surface area contributed by atoms with E-state index in [1.165, 1.54) is 24.0 Å². The predicted octanol–water partition coefficient (Wildman–Crippen LogP) is 3.27. The molecule has 4 heteroatoms. The Balaban J connectivity index is 1.54. The molecule has 2 atom stereocenters. The molecule has 2 fully saturated rings. The number of hydrogen-bond donors (Lipinski definition) is 1. The van der Waals surface area contributed by atoms with Gasteiger partial charge in [-0.2, -0.15) is 0 Å². The van der Waals surface area contributed by atoms with Gasteiger partial charge >= 0.3 is 0 Å². The molecule has 2 aliphatic carbocycles. The molecule has 4 nitrogen and oxygen atoms in total. The summed E-state index contributed by atoms with van der Waals surface area (Å²) in [6.07, 6.45) is 9.06. The van der Waals surface area contributed by atoms with Crippen molar-refractivity contribution in [2.45, 2.75) is 64.0 Å². The van der Waals surface area contributed by atoms with Crippen LogP contribution in [0.3, 0.4) is 0 Å². The molecule has 0 unspecified atom stereocenters. The number of hydrogen-bond acceptors (Lipinski definition) is 3. The second-order valence-electron chi connectivity index (χ2n) is 7.98. The van der Waals surface area contributed by atoms with Crippen LogP contribution in [-0.2, 0) is 17.8 Å². The largest absolute Gasteiger partial charge is 0.493 e. The summed E-state index contributed by atoms with van der Waals surface area (Å²) < 4.78 is 5.62. The molecule has 1 aromatic carbocycles. The van der Waals surface area contributed by atoms with Crippen LogP contribution in [0.4, 0.5) is 0 Å². The zero-order chi connectivity index (χ0) is 17.2. The van der Waals surface area contributed by atoms with Crippen LogP contribution < -0.4 is 10.5 Å². The standard InChI is InChI=1S/C21H30N2O2/c22-13-17-4-3-7-19(17)21(24)23(18-5-1-2-6-18)14-15-8-9-20-16(12-15)10-11-25-20/h8-9,12,17-19H,1-7,10-11,13-14,22H2/t17-,19-/m1/s1. The molecule has 2 saturated carbocycles. The fourth-order valence-electron chi connectivity index (χ4n) is 4.99. The number of amides is 1. The third-order valence-electron chi connectivity index (χ3n) is 6.43. The Hall–Kier alpha value is -1.55. The number of carbonyl (C=O) groups is 1. The molecule has 3 aliphatic rings. The lowest BCUT2D eigenvalue weighted by Crippen LogP contribution is -2.43. The highest BCUT2D eigenvalue weighted by atomic mass is 16.5. The topological polar surface area (TPSA) is 55.6 Å². The molecule has 0 saturated heterocycles. The third-order valence-corrected chi connectivity index (χ3v) is 6.43. The molecule has 136 valence electrons. The lowest BCUT2D eigenvalue weighted by molar-refractivity contribution is -0.139. The molecule has 4 rings (SSSR count). The van der Waals surface area contributed by atoms with E-state index in [0.717, 1.165) is 57.4 Å². The van der Waals surface area contributed by atoms with Gasteiger partial charge in [-0.15, -0.1) is 0 Å². The molecule has 0 radical (unpaired) electrons. The van der Waals surface area contributed by atoms with Gasteiger partial charge in [-0.1, -0.05) is 31.4 Å². The van der Waals surface area contributed by atoms with Crippen molar-refractivity contribution in [1.82, 2.24) is 4.90 Å². The summed E-state index contributed by atoms with van der Waals surface area (Å²) in [6.45, 7) is 2.17. The number of nitrogens with two attached hydrogens (primary N) is 1.